The van der Waals surface area contributed by atoms with Crippen LogP contribution in [0.4, 0.5) is 5.69 Å². The van der Waals surface area contributed by atoms with Crippen LogP contribution in [0.15, 0.2) is 72.8 Å². The summed E-state index contributed by atoms with van der Waals surface area (Å²) >= 11 is 12.6. The quantitative estimate of drug-likeness (QED) is 0.257. The second-order valence-electron chi connectivity index (χ2n) is 11.3. The van der Waals surface area contributed by atoms with Crippen LogP contribution in [0.5, 0.6) is 0 Å². The SMILES string of the molecule is CCCNC(=O)[C@@H](Cc1ccccc1)N(Cc1ccc(Cl)cc1Cl)C(=O)CN(c1ccc(C(C)(C)C)cc1)S(C)(=O)=O. The third-order valence-electron chi connectivity index (χ3n) is 6.88. The number of anilines is 1. The summed E-state index contributed by atoms with van der Waals surface area (Å²) in [5.74, 6) is -0.876. The van der Waals surface area contributed by atoms with Crippen molar-refractivity contribution in [2.45, 2.75) is 58.5 Å². The zero-order valence-corrected chi connectivity index (χ0v) is 27.1. The fourth-order valence-electron chi connectivity index (χ4n) is 4.49. The fraction of sp³-hybridized carbons (Fsp3) is 0.375. The lowest BCUT2D eigenvalue weighted by molar-refractivity contribution is -0.140. The summed E-state index contributed by atoms with van der Waals surface area (Å²) in [6, 6.07) is 20.5. The first-order chi connectivity index (χ1) is 19.7. The summed E-state index contributed by atoms with van der Waals surface area (Å²) in [4.78, 5) is 29.1. The molecule has 0 heterocycles. The van der Waals surface area contributed by atoms with Crippen molar-refractivity contribution in [3.63, 3.8) is 0 Å². The van der Waals surface area contributed by atoms with Crippen LogP contribution in [0.2, 0.25) is 10.0 Å². The molecule has 0 aliphatic carbocycles. The number of rotatable bonds is 12. The fourth-order valence-corrected chi connectivity index (χ4v) is 5.81. The monoisotopic (exact) mass is 631 g/mol. The molecule has 1 atom stereocenters. The van der Waals surface area contributed by atoms with Crippen molar-refractivity contribution in [1.29, 1.82) is 0 Å². The van der Waals surface area contributed by atoms with Crippen LogP contribution in [0.25, 0.3) is 0 Å². The Bertz CT molecular complexity index is 1470. The molecule has 0 aliphatic heterocycles. The number of carbonyl (C=O) groups is 2. The lowest BCUT2D eigenvalue weighted by atomic mass is 9.87. The van der Waals surface area contributed by atoms with Crippen LogP contribution in [-0.2, 0) is 38.0 Å². The van der Waals surface area contributed by atoms with Gasteiger partial charge in [0, 0.05) is 29.6 Å². The van der Waals surface area contributed by atoms with Gasteiger partial charge >= 0.3 is 0 Å². The summed E-state index contributed by atoms with van der Waals surface area (Å²) in [6.45, 7) is 8.06. The summed E-state index contributed by atoms with van der Waals surface area (Å²) in [6.07, 6.45) is 2.01. The van der Waals surface area contributed by atoms with Crippen LogP contribution in [0.3, 0.4) is 0 Å². The summed E-state index contributed by atoms with van der Waals surface area (Å²) < 4.78 is 27.1. The lowest BCUT2D eigenvalue weighted by Crippen LogP contribution is -2.53. The van der Waals surface area contributed by atoms with Gasteiger partial charge in [0.05, 0.1) is 11.9 Å². The molecule has 3 rings (SSSR count). The van der Waals surface area contributed by atoms with Gasteiger partial charge in [-0.15, -0.1) is 0 Å². The van der Waals surface area contributed by atoms with Crippen molar-refractivity contribution in [2.75, 3.05) is 23.7 Å². The Morgan fingerprint density at radius 2 is 1.60 bits per heavy atom. The van der Waals surface area contributed by atoms with Gasteiger partial charge < -0.3 is 10.2 Å². The van der Waals surface area contributed by atoms with Gasteiger partial charge in [0.15, 0.2) is 0 Å². The highest BCUT2D eigenvalue weighted by Gasteiger charge is 2.33. The van der Waals surface area contributed by atoms with Crippen molar-refractivity contribution in [1.82, 2.24) is 10.2 Å². The van der Waals surface area contributed by atoms with Gasteiger partial charge in [-0.3, -0.25) is 13.9 Å². The molecule has 10 heteroatoms. The zero-order valence-electron chi connectivity index (χ0n) is 24.7. The van der Waals surface area contributed by atoms with Crippen molar-refractivity contribution < 1.29 is 18.0 Å². The Labute approximate surface area is 259 Å². The molecule has 1 N–H and O–H groups in total. The first kappa shape index (κ1) is 33.4. The molecule has 2 amide bonds. The number of nitrogens with zero attached hydrogens (tertiary/aromatic N) is 2. The second-order valence-corrected chi connectivity index (χ2v) is 14.1. The molecule has 3 aromatic carbocycles. The Morgan fingerprint density at radius 3 is 2.14 bits per heavy atom. The van der Waals surface area contributed by atoms with Gasteiger partial charge in [0.2, 0.25) is 21.8 Å². The number of carbonyl (C=O) groups excluding carboxylic acids is 2. The molecule has 0 fully saturated rings. The number of nitrogens with one attached hydrogen (secondary N) is 1. The molecular weight excluding hydrogens is 593 g/mol. The number of hydrogen-bond acceptors (Lipinski definition) is 4. The van der Waals surface area contributed by atoms with E-state index in [4.69, 9.17) is 23.2 Å². The highest BCUT2D eigenvalue weighted by molar-refractivity contribution is 7.92. The van der Waals surface area contributed by atoms with E-state index in [-0.39, 0.29) is 24.3 Å². The largest absolute Gasteiger partial charge is 0.354 e. The van der Waals surface area contributed by atoms with E-state index in [0.29, 0.717) is 34.3 Å². The van der Waals surface area contributed by atoms with Crippen molar-refractivity contribution in [3.05, 3.63) is 99.5 Å². The number of sulfonamides is 1. The third-order valence-corrected chi connectivity index (χ3v) is 8.60. The third kappa shape index (κ3) is 9.21. The highest BCUT2D eigenvalue weighted by Crippen LogP contribution is 2.27. The second kappa shape index (κ2) is 14.4. The minimum Gasteiger partial charge on any atom is -0.354 e. The average Bonchev–Trinajstić information content (AvgIpc) is 2.92. The van der Waals surface area contributed by atoms with Crippen molar-refractivity contribution in [2.24, 2.45) is 0 Å². The predicted octanol–water partition coefficient (Wildman–Crippen LogP) is 6.22. The van der Waals surface area contributed by atoms with E-state index in [1.807, 2.05) is 49.4 Å². The average molecular weight is 633 g/mol. The van der Waals surface area contributed by atoms with Crippen LogP contribution in [-0.4, -0.2) is 50.5 Å². The van der Waals surface area contributed by atoms with Crippen LogP contribution >= 0.6 is 23.2 Å². The van der Waals surface area contributed by atoms with E-state index >= 15 is 0 Å². The number of amides is 2. The van der Waals surface area contributed by atoms with Crippen molar-refractivity contribution in [3.8, 4) is 0 Å². The molecule has 0 spiro atoms. The maximum Gasteiger partial charge on any atom is 0.244 e. The smallest absolute Gasteiger partial charge is 0.244 e. The van der Waals surface area contributed by atoms with Gasteiger partial charge in [0.25, 0.3) is 0 Å². The Hall–Kier alpha value is -3.07. The molecule has 0 saturated carbocycles. The first-order valence-corrected chi connectivity index (χ1v) is 16.4. The van der Waals surface area contributed by atoms with Gasteiger partial charge in [0.1, 0.15) is 12.6 Å². The normalized spacial score (nSPS) is 12.5. The molecule has 0 saturated heterocycles. The van der Waals surface area contributed by atoms with Crippen LogP contribution < -0.4 is 9.62 Å². The Kier molecular flexibility index (Phi) is 11.5. The van der Waals surface area contributed by atoms with Gasteiger partial charge in [-0.2, -0.15) is 0 Å². The topological polar surface area (TPSA) is 86.8 Å². The zero-order chi connectivity index (χ0) is 31.1. The number of halogens is 2. The Balaban J connectivity index is 2.06. The minimum absolute atomic E-state index is 0.0214. The van der Waals surface area contributed by atoms with E-state index in [9.17, 15) is 18.0 Å². The van der Waals surface area contributed by atoms with E-state index < -0.39 is 28.5 Å². The molecule has 0 aromatic heterocycles. The highest BCUT2D eigenvalue weighted by atomic mass is 35.5. The molecule has 7 nitrogen and oxygen atoms in total. The van der Waals surface area contributed by atoms with E-state index in [1.54, 1.807) is 30.3 Å². The van der Waals surface area contributed by atoms with Gasteiger partial charge in [-0.05, 0) is 52.8 Å². The molecule has 0 bridgehead atoms. The number of benzene rings is 3. The first-order valence-electron chi connectivity index (χ1n) is 13.8. The number of hydrogen-bond donors (Lipinski definition) is 1. The molecule has 0 aliphatic rings. The van der Waals surface area contributed by atoms with Gasteiger partial charge in [-0.1, -0.05) is 99.4 Å². The van der Waals surface area contributed by atoms with E-state index in [0.717, 1.165) is 21.7 Å². The molecule has 0 radical (unpaired) electrons. The minimum atomic E-state index is -3.86. The molecule has 226 valence electrons. The molecule has 42 heavy (non-hydrogen) atoms. The predicted molar refractivity (Wildman–Crippen MR) is 172 cm³/mol. The summed E-state index contributed by atoms with van der Waals surface area (Å²) in [7, 11) is -3.86. The summed E-state index contributed by atoms with van der Waals surface area (Å²) in [5.41, 5.74) is 2.69. The maximum atomic E-state index is 14.2. The molecule has 0 unspecified atom stereocenters. The molecular formula is C32H39Cl2N3O4S. The maximum absolute atomic E-state index is 14.2. The van der Waals surface area contributed by atoms with Crippen LogP contribution in [0, 0.1) is 0 Å². The molecule has 3 aromatic rings. The van der Waals surface area contributed by atoms with E-state index in [1.165, 1.54) is 4.90 Å². The van der Waals surface area contributed by atoms with Gasteiger partial charge in [-0.25, -0.2) is 8.42 Å². The van der Waals surface area contributed by atoms with Crippen molar-refractivity contribution >= 4 is 50.7 Å². The summed E-state index contributed by atoms with van der Waals surface area (Å²) in [5, 5.41) is 3.69. The van der Waals surface area contributed by atoms with E-state index in [2.05, 4.69) is 26.1 Å². The standard InChI is InChI=1S/C32H39Cl2N3O4S/c1-6-18-35-31(39)29(19-23-10-8-7-9-11-23)36(21-24-12-15-26(33)20-28(24)34)30(38)22-37(42(5,40)41)27-16-13-25(14-17-27)32(2,3)4/h7-17,20,29H,6,18-19,21-22H2,1-5H3,(H,35,39)/t29-/m1/s1. The Morgan fingerprint density at radius 1 is 0.952 bits per heavy atom. The lowest BCUT2D eigenvalue weighted by Gasteiger charge is -2.34. The van der Waals surface area contributed by atoms with Crippen LogP contribution in [0.1, 0.15) is 50.8 Å².